The monoisotopic (exact) mass is 311 g/mol. The van der Waals surface area contributed by atoms with E-state index in [1.54, 1.807) is 12.3 Å². The fourth-order valence-corrected chi connectivity index (χ4v) is 4.96. The number of H-pyrrole nitrogens is 1. The number of pyridine rings is 1. The van der Waals surface area contributed by atoms with Crippen LogP contribution in [0.15, 0.2) is 23.1 Å². The third-order valence-electron chi connectivity index (χ3n) is 4.38. The zero-order valence-electron chi connectivity index (χ0n) is 12.0. The first kappa shape index (κ1) is 14.7. The van der Waals surface area contributed by atoms with Crippen molar-refractivity contribution in [1.82, 2.24) is 14.8 Å². The lowest BCUT2D eigenvalue weighted by Gasteiger charge is -2.37. The summed E-state index contributed by atoms with van der Waals surface area (Å²) in [5, 5.41) is 0. The van der Waals surface area contributed by atoms with Crippen molar-refractivity contribution in [2.24, 2.45) is 0 Å². The lowest BCUT2D eigenvalue weighted by Crippen LogP contribution is -2.50. The molecule has 21 heavy (non-hydrogen) atoms. The molecule has 2 saturated heterocycles. The highest BCUT2D eigenvalue weighted by molar-refractivity contribution is 7.91. The third kappa shape index (κ3) is 3.72. The minimum Gasteiger partial charge on any atom is -0.329 e. The van der Waals surface area contributed by atoms with E-state index in [0.29, 0.717) is 11.5 Å². The van der Waals surface area contributed by atoms with Gasteiger partial charge in [-0.2, -0.15) is 0 Å². The van der Waals surface area contributed by atoms with Crippen molar-refractivity contribution in [3.63, 3.8) is 0 Å². The van der Waals surface area contributed by atoms with Crippen LogP contribution >= 0.6 is 0 Å². The number of hydrogen-bond donors (Lipinski definition) is 1. The molecule has 3 heterocycles. The van der Waals surface area contributed by atoms with E-state index in [9.17, 15) is 13.2 Å². The summed E-state index contributed by atoms with van der Waals surface area (Å²) in [5.74, 6) is 0.658. The predicted molar refractivity (Wildman–Crippen MR) is 81.0 cm³/mol. The van der Waals surface area contributed by atoms with Crippen molar-refractivity contribution in [2.75, 3.05) is 37.7 Å². The fraction of sp³-hybridized carbons (Fsp3) is 0.643. The number of aromatic amines is 1. The summed E-state index contributed by atoms with van der Waals surface area (Å²) in [5.41, 5.74) is 0.956. The van der Waals surface area contributed by atoms with Gasteiger partial charge in [-0.15, -0.1) is 0 Å². The SMILES string of the molecule is O=c1cc(CN2CCN(C3CCS(=O)(=O)C3)CC2)cc[nH]1. The molecule has 6 nitrogen and oxygen atoms in total. The van der Waals surface area contributed by atoms with Crippen LogP contribution in [-0.4, -0.2) is 66.9 Å². The molecule has 1 N–H and O–H groups in total. The van der Waals surface area contributed by atoms with Crippen LogP contribution < -0.4 is 5.56 Å². The number of piperazine rings is 1. The van der Waals surface area contributed by atoms with Gasteiger partial charge >= 0.3 is 0 Å². The summed E-state index contributed by atoms with van der Waals surface area (Å²) in [6.45, 7) is 4.43. The van der Waals surface area contributed by atoms with Crippen LogP contribution in [0, 0.1) is 0 Å². The van der Waals surface area contributed by atoms with E-state index in [-0.39, 0.29) is 11.6 Å². The van der Waals surface area contributed by atoms with Gasteiger partial charge < -0.3 is 4.98 Å². The molecular weight excluding hydrogens is 290 g/mol. The van der Waals surface area contributed by atoms with Gasteiger partial charge in [0, 0.05) is 51.0 Å². The molecule has 0 saturated carbocycles. The standard InChI is InChI=1S/C14H21N3O3S/c18-14-9-12(1-3-15-14)10-16-4-6-17(7-5-16)13-2-8-21(19,20)11-13/h1,3,9,13H,2,4-8,10-11H2,(H,15,18). The van der Waals surface area contributed by atoms with Crippen molar-refractivity contribution in [3.05, 3.63) is 34.2 Å². The van der Waals surface area contributed by atoms with Crippen molar-refractivity contribution in [1.29, 1.82) is 0 Å². The number of rotatable bonds is 3. The maximum Gasteiger partial charge on any atom is 0.248 e. The first-order valence-corrected chi connectivity index (χ1v) is 9.18. The van der Waals surface area contributed by atoms with Gasteiger partial charge in [0.25, 0.3) is 0 Å². The number of nitrogens with zero attached hydrogens (tertiary/aromatic N) is 2. The van der Waals surface area contributed by atoms with Crippen LogP contribution in [-0.2, 0) is 16.4 Å². The molecule has 0 spiro atoms. The smallest absolute Gasteiger partial charge is 0.248 e. The molecule has 0 amide bonds. The molecule has 7 heteroatoms. The minimum atomic E-state index is -2.81. The molecule has 0 aromatic carbocycles. The Morgan fingerprint density at radius 1 is 1.24 bits per heavy atom. The van der Waals surface area contributed by atoms with Crippen LogP contribution in [0.3, 0.4) is 0 Å². The molecule has 1 unspecified atom stereocenters. The second-order valence-electron chi connectivity index (χ2n) is 5.93. The molecule has 0 bridgehead atoms. The van der Waals surface area contributed by atoms with Crippen LogP contribution in [0.2, 0.25) is 0 Å². The van der Waals surface area contributed by atoms with Gasteiger partial charge in [-0.1, -0.05) is 0 Å². The first-order valence-electron chi connectivity index (χ1n) is 7.36. The summed E-state index contributed by atoms with van der Waals surface area (Å²) in [7, 11) is -2.81. The van der Waals surface area contributed by atoms with Crippen LogP contribution in [0.25, 0.3) is 0 Å². The Kier molecular flexibility index (Phi) is 4.14. The molecule has 1 aromatic heterocycles. The topological polar surface area (TPSA) is 73.5 Å². The molecule has 2 aliphatic rings. The molecule has 3 rings (SSSR count). The average Bonchev–Trinajstić information content (AvgIpc) is 2.80. The molecule has 0 aliphatic carbocycles. The molecule has 1 atom stereocenters. The maximum absolute atomic E-state index is 11.6. The summed E-state index contributed by atoms with van der Waals surface area (Å²) in [4.78, 5) is 18.5. The summed E-state index contributed by atoms with van der Waals surface area (Å²) in [6.07, 6.45) is 2.45. The zero-order chi connectivity index (χ0) is 14.9. The number of aromatic nitrogens is 1. The summed E-state index contributed by atoms with van der Waals surface area (Å²) >= 11 is 0. The van der Waals surface area contributed by atoms with Gasteiger partial charge in [0.2, 0.25) is 5.56 Å². The Morgan fingerprint density at radius 3 is 2.62 bits per heavy atom. The Bertz CT molecular complexity index is 647. The van der Waals surface area contributed by atoms with Crippen LogP contribution in [0.4, 0.5) is 0 Å². The maximum atomic E-state index is 11.6. The van der Waals surface area contributed by atoms with Gasteiger partial charge in [-0.05, 0) is 18.1 Å². The Hall–Kier alpha value is -1.18. The fourth-order valence-electron chi connectivity index (χ4n) is 3.20. The quantitative estimate of drug-likeness (QED) is 0.828. The molecule has 0 radical (unpaired) electrons. The van der Waals surface area contributed by atoms with Crippen molar-refractivity contribution in [2.45, 2.75) is 19.0 Å². The molecular formula is C14H21N3O3S. The average molecular weight is 311 g/mol. The van der Waals surface area contributed by atoms with Gasteiger partial charge in [-0.25, -0.2) is 8.42 Å². The lowest BCUT2D eigenvalue weighted by atomic mass is 10.1. The van der Waals surface area contributed by atoms with E-state index in [0.717, 1.165) is 44.7 Å². The predicted octanol–water partition coefficient (Wildman–Crippen LogP) is -0.320. The number of sulfone groups is 1. The first-order chi connectivity index (χ1) is 10.0. The normalized spacial score (nSPS) is 27.0. The van der Waals surface area contributed by atoms with E-state index in [4.69, 9.17) is 0 Å². The van der Waals surface area contributed by atoms with E-state index < -0.39 is 9.84 Å². The van der Waals surface area contributed by atoms with Crippen molar-refractivity contribution in [3.8, 4) is 0 Å². The highest BCUT2D eigenvalue weighted by Gasteiger charge is 2.33. The summed E-state index contributed by atoms with van der Waals surface area (Å²) in [6, 6.07) is 3.77. The Morgan fingerprint density at radius 2 is 2.00 bits per heavy atom. The van der Waals surface area contributed by atoms with E-state index in [2.05, 4.69) is 14.8 Å². The molecule has 116 valence electrons. The minimum absolute atomic E-state index is 0.0673. The molecule has 2 fully saturated rings. The van der Waals surface area contributed by atoms with E-state index in [1.807, 2.05) is 6.07 Å². The Balaban J connectivity index is 1.52. The highest BCUT2D eigenvalue weighted by Crippen LogP contribution is 2.19. The van der Waals surface area contributed by atoms with Gasteiger partial charge in [0.1, 0.15) is 0 Å². The lowest BCUT2D eigenvalue weighted by molar-refractivity contribution is 0.100. The van der Waals surface area contributed by atoms with Crippen molar-refractivity contribution < 1.29 is 8.42 Å². The second-order valence-corrected chi connectivity index (χ2v) is 8.16. The van der Waals surface area contributed by atoms with E-state index in [1.165, 1.54) is 0 Å². The molecule has 2 aliphatic heterocycles. The largest absolute Gasteiger partial charge is 0.329 e. The molecule has 1 aromatic rings. The second kappa shape index (κ2) is 5.90. The Labute approximate surface area is 124 Å². The summed E-state index contributed by atoms with van der Waals surface area (Å²) < 4.78 is 23.1. The third-order valence-corrected chi connectivity index (χ3v) is 6.13. The van der Waals surface area contributed by atoms with E-state index >= 15 is 0 Å². The number of nitrogens with one attached hydrogen (secondary N) is 1. The van der Waals surface area contributed by atoms with Crippen molar-refractivity contribution >= 4 is 9.84 Å². The van der Waals surface area contributed by atoms with Gasteiger partial charge in [0.05, 0.1) is 11.5 Å². The highest BCUT2D eigenvalue weighted by atomic mass is 32.2. The number of hydrogen-bond acceptors (Lipinski definition) is 5. The zero-order valence-corrected chi connectivity index (χ0v) is 12.8. The van der Waals surface area contributed by atoms with Gasteiger partial charge in [-0.3, -0.25) is 14.6 Å². The van der Waals surface area contributed by atoms with Gasteiger partial charge in [0.15, 0.2) is 9.84 Å². The van der Waals surface area contributed by atoms with Crippen LogP contribution in [0.1, 0.15) is 12.0 Å². The van der Waals surface area contributed by atoms with Crippen LogP contribution in [0.5, 0.6) is 0 Å².